The zero-order chi connectivity index (χ0) is 22.3. The smallest absolute Gasteiger partial charge is 0.271 e. The van der Waals surface area contributed by atoms with Crippen molar-refractivity contribution in [2.45, 2.75) is 95.8 Å². The summed E-state index contributed by atoms with van der Waals surface area (Å²) in [6.07, 6.45) is 11.4. The lowest BCUT2D eigenvalue weighted by Crippen LogP contribution is -2.67. The van der Waals surface area contributed by atoms with E-state index in [1.165, 1.54) is 6.42 Å². The highest BCUT2D eigenvalue weighted by Gasteiger charge is 2.51. The number of nitrogens with zero attached hydrogens (tertiary/aromatic N) is 2. The van der Waals surface area contributed by atoms with Crippen LogP contribution in [-0.4, -0.2) is 38.9 Å². The van der Waals surface area contributed by atoms with E-state index in [1.54, 1.807) is 6.26 Å². The summed E-state index contributed by atoms with van der Waals surface area (Å²) in [4.78, 5) is 29.6. The second-order valence-electron chi connectivity index (χ2n) is 10.3. The van der Waals surface area contributed by atoms with Gasteiger partial charge < -0.3 is 19.2 Å². The van der Waals surface area contributed by atoms with Crippen LogP contribution >= 0.6 is 0 Å². The molecule has 2 amide bonds. The van der Waals surface area contributed by atoms with Crippen molar-refractivity contribution in [3.8, 4) is 11.5 Å². The number of hydrogen-bond acceptors (Lipinski definition) is 3. The van der Waals surface area contributed by atoms with Crippen LogP contribution in [0.15, 0.2) is 34.9 Å². The molecule has 2 saturated carbocycles. The molecule has 1 N–H and O–H groups in total. The molecule has 0 unspecified atom stereocenters. The van der Waals surface area contributed by atoms with Crippen molar-refractivity contribution in [2.75, 3.05) is 0 Å². The summed E-state index contributed by atoms with van der Waals surface area (Å²) >= 11 is 0. The summed E-state index contributed by atoms with van der Waals surface area (Å²) in [5.74, 6) is 1.41. The van der Waals surface area contributed by atoms with Gasteiger partial charge >= 0.3 is 0 Å². The topological polar surface area (TPSA) is 67.5 Å². The third kappa shape index (κ3) is 3.67. The van der Waals surface area contributed by atoms with Crippen LogP contribution in [-0.2, 0) is 11.3 Å². The van der Waals surface area contributed by atoms with Crippen LogP contribution < -0.4 is 5.32 Å². The molecule has 0 radical (unpaired) electrons. The number of fused-ring (bicyclic) bond motifs is 1. The first-order chi connectivity index (χ1) is 15.5. The minimum absolute atomic E-state index is 0.0132. The molecule has 2 aliphatic carbocycles. The van der Waals surface area contributed by atoms with Crippen molar-refractivity contribution >= 4 is 11.8 Å². The first-order valence-corrected chi connectivity index (χ1v) is 12.4. The van der Waals surface area contributed by atoms with Gasteiger partial charge in [0.2, 0.25) is 5.91 Å². The fourth-order valence-electron chi connectivity index (χ4n) is 6.03. The monoisotopic (exact) mass is 437 g/mol. The maximum absolute atomic E-state index is 13.9. The highest BCUT2D eigenvalue weighted by molar-refractivity contribution is 6.00. The van der Waals surface area contributed by atoms with E-state index in [2.05, 4.69) is 12.2 Å². The Morgan fingerprint density at radius 2 is 1.75 bits per heavy atom. The highest BCUT2D eigenvalue weighted by atomic mass is 16.3. The van der Waals surface area contributed by atoms with Crippen molar-refractivity contribution in [1.29, 1.82) is 0 Å². The van der Waals surface area contributed by atoms with Gasteiger partial charge in [-0.2, -0.15) is 0 Å². The number of aromatic nitrogens is 1. The fourth-order valence-corrected chi connectivity index (χ4v) is 6.03. The van der Waals surface area contributed by atoms with E-state index in [1.807, 2.05) is 40.7 Å². The molecule has 0 spiro atoms. The van der Waals surface area contributed by atoms with Crippen molar-refractivity contribution in [3.63, 3.8) is 0 Å². The summed E-state index contributed by atoms with van der Waals surface area (Å²) in [7, 11) is 0. The van der Waals surface area contributed by atoms with Gasteiger partial charge in [-0.3, -0.25) is 9.59 Å². The predicted molar refractivity (Wildman–Crippen MR) is 123 cm³/mol. The zero-order valence-electron chi connectivity index (χ0n) is 19.3. The Kier molecular flexibility index (Phi) is 5.64. The second-order valence-corrected chi connectivity index (χ2v) is 10.3. The third-order valence-electron chi connectivity index (χ3n) is 7.97. The number of furan rings is 1. The number of nitrogens with one attached hydrogen (secondary N) is 1. The summed E-state index contributed by atoms with van der Waals surface area (Å²) in [6, 6.07) is 7.90. The molecule has 0 aromatic carbocycles. The zero-order valence-corrected chi connectivity index (χ0v) is 19.3. The average molecular weight is 438 g/mol. The van der Waals surface area contributed by atoms with Crippen LogP contribution in [0.2, 0.25) is 0 Å². The predicted octanol–water partition coefficient (Wildman–Crippen LogP) is 4.99. The molecule has 6 nitrogen and oxygen atoms in total. The van der Waals surface area contributed by atoms with E-state index in [0.29, 0.717) is 12.2 Å². The first-order valence-electron chi connectivity index (χ1n) is 12.4. The molecule has 0 bridgehead atoms. The summed E-state index contributed by atoms with van der Waals surface area (Å²) in [6.45, 7) is 4.70. The Labute approximate surface area is 190 Å². The minimum Gasteiger partial charge on any atom is -0.463 e. The van der Waals surface area contributed by atoms with Crippen LogP contribution in [0.25, 0.3) is 11.5 Å². The Morgan fingerprint density at radius 1 is 1.03 bits per heavy atom. The number of amides is 2. The molecular weight excluding hydrogens is 402 g/mol. The Morgan fingerprint density at radius 3 is 2.44 bits per heavy atom. The van der Waals surface area contributed by atoms with Gasteiger partial charge in [-0.1, -0.05) is 26.2 Å². The van der Waals surface area contributed by atoms with Crippen molar-refractivity contribution in [3.05, 3.63) is 36.2 Å². The molecule has 5 rings (SSSR count). The van der Waals surface area contributed by atoms with Crippen molar-refractivity contribution in [1.82, 2.24) is 14.8 Å². The molecule has 1 aliphatic heterocycles. The fraction of sp³-hybridized carbons (Fsp3) is 0.615. The Balaban J connectivity index is 1.50. The van der Waals surface area contributed by atoms with Gasteiger partial charge in [0.1, 0.15) is 17.0 Å². The van der Waals surface area contributed by atoms with Gasteiger partial charge in [0.05, 0.1) is 18.5 Å². The van der Waals surface area contributed by atoms with Gasteiger partial charge in [0, 0.05) is 12.1 Å². The van der Waals surface area contributed by atoms with E-state index >= 15 is 0 Å². The van der Waals surface area contributed by atoms with E-state index in [-0.39, 0.29) is 23.9 Å². The maximum Gasteiger partial charge on any atom is 0.271 e. The molecule has 172 valence electrons. The van der Waals surface area contributed by atoms with Crippen LogP contribution in [0, 0.1) is 5.92 Å². The molecule has 2 aromatic heterocycles. The van der Waals surface area contributed by atoms with Gasteiger partial charge in [-0.15, -0.1) is 0 Å². The molecule has 0 saturated heterocycles. The van der Waals surface area contributed by atoms with Gasteiger partial charge in [-0.05, 0) is 75.6 Å². The van der Waals surface area contributed by atoms with Crippen LogP contribution in [0.4, 0.5) is 0 Å². The Hall–Kier alpha value is -2.50. The van der Waals surface area contributed by atoms with Crippen LogP contribution in [0.1, 0.15) is 82.1 Å². The van der Waals surface area contributed by atoms with Crippen molar-refractivity contribution < 1.29 is 14.0 Å². The largest absolute Gasteiger partial charge is 0.463 e. The summed E-state index contributed by atoms with van der Waals surface area (Å²) in [5, 5.41) is 3.35. The second kappa shape index (κ2) is 8.45. The summed E-state index contributed by atoms with van der Waals surface area (Å²) in [5.41, 5.74) is 0.584. The number of carbonyl (C=O) groups is 2. The lowest BCUT2D eigenvalue weighted by atomic mass is 9.84. The number of hydrogen-bond donors (Lipinski definition) is 1. The molecule has 2 aromatic rings. The SMILES string of the molecule is CC1CCC(NC(=O)[C@@]2(C)Cn3c(ccc3-c3ccco3)C(=O)N2C2CCCCC2)CC1. The first kappa shape index (κ1) is 21.4. The lowest BCUT2D eigenvalue weighted by Gasteiger charge is -2.49. The average Bonchev–Trinajstić information content (AvgIpc) is 3.46. The lowest BCUT2D eigenvalue weighted by molar-refractivity contribution is -0.135. The molecular formula is C26H35N3O3. The van der Waals surface area contributed by atoms with Crippen LogP contribution in [0.3, 0.4) is 0 Å². The quantitative estimate of drug-likeness (QED) is 0.733. The number of rotatable bonds is 4. The molecule has 3 heterocycles. The number of carbonyl (C=O) groups excluding carboxylic acids is 2. The third-order valence-corrected chi connectivity index (χ3v) is 7.97. The maximum atomic E-state index is 13.9. The molecule has 3 aliphatic rings. The molecule has 2 fully saturated rings. The normalized spacial score (nSPS) is 29.1. The van der Waals surface area contributed by atoms with E-state index in [9.17, 15) is 9.59 Å². The molecule has 6 heteroatoms. The molecule has 1 atom stereocenters. The Bertz CT molecular complexity index is 965. The highest BCUT2D eigenvalue weighted by Crippen LogP contribution is 2.38. The minimum atomic E-state index is -0.921. The van der Waals surface area contributed by atoms with E-state index in [0.717, 1.165) is 68.7 Å². The van der Waals surface area contributed by atoms with Gasteiger partial charge in [0.15, 0.2) is 0 Å². The summed E-state index contributed by atoms with van der Waals surface area (Å²) < 4.78 is 7.63. The van der Waals surface area contributed by atoms with E-state index < -0.39 is 5.54 Å². The van der Waals surface area contributed by atoms with Gasteiger partial charge in [0.25, 0.3) is 5.91 Å². The van der Waals surface area contributed by atoms with Crippen LogP contribution in [0.5, 0.6) is 0 Å². The van der Waals surface area contributed by atoms with Gasteiger partial charge in [-0.25, -0.2) is 0 Å². The molecule has 32 heavy (non-hydrogen) atoms. The standard InChI is InChI=1S/C26H35N3O3/c1-18-10-12-19(13-11-18)27-25(31)26(2)17-28-21(23-9-6-16-32-23)14-15-22(28)24(30)29(26)20-7-4-3-5-8-20/h6,9,14-16,18-20H,3-5,7-8,10-13,17H2,1-2H3,(H,27,31)/t18?,19?,26-/m1/s1. The van der Waals surface area contributed by atoms with Crippen molar-refractivity contribution in [2.24, 2.45) is 5.92 Å². The van der Waals surface area contributed by atoms with E-state index in [4.69, 9.17) is 4.42 Å².